The summed E-state index contributed by atoms with van der Waals surface area (Å²) in [5.74, 6) is 0.349. The molecule has 2 saturated heterocycles. The van der Waals surface area contributed by atoms with Gasteiger partial charge in [-0.05, 0) is 68.1 Å². The molecule has 3 heterocycles. The van der Waals surface area contributed by atoms with Gasteiger partial charge in [0.15, 0.2) is 5.13 Å². The number of benzene rings is 2. The van der Waals surface area contributed by atoms with E-state index in [1.165, 1.54) is 20.1 Å². The Morgan fingerprint density at radius 2 is 1.75 bits per heavy atom. The number of piperazine rings is 1. The molecule has 1 unspecified atom stereocenters. The number of carbonyl (C=O) groups excluding carboxylic acids is 1. The summed E-state index contributed by atoms with van der Waals surface area (Å²) < 4.78 is 34.2. The molecule has 1 amide bonds. The molecule has 5 rings (SSSR count). The summed E-state index contributed by atoms with van der Waals surface area (Å²) in [5, 5.41) is 1.00. The van der Waals surface area contributed by atoms with Gasteiger partial charge in [-0.15, -0.1) is 0 Å². The van der Waals surface area contributed by atoms with Gasteiger partial charge in [0.1, 0.15) is 5.75 Å². The fourth-order valence-corrected chi connectivity index (χ4v) is 7.59. The van der Waals surface area contributed by atoms with Crippen LogP contribution in [0.4, 0.5) is 5.13 Å². The highest BCUT2D eigenvalue weighted by atomic mass is 32.2. The van der Waals surface area contributed by atoms with E-state index in [1.807, 2.05) is 4.90 Å². The van der Waals surface area contributed by atoms with Crippen LogP contribution in [0.3, 0.4) is 0 Å². The maximum absolute atomic E-state index is 13.4. The van der Waals surface area contributed by atoms with E-state index in [0.29, 0.717) is 38.2 Å². The number of methoxy groups -OCH3 is 1. The third-order valence-electron chi connectivity index (χ3n) is 7.37. The van der Waals surface area contributed by atoms with Crippen molar-refractivity contribution in [2.24, 2.45) is 5.92 Å². The number of piperidine rings is 1. The molecule has 2 aromatic carbocycles. The molecule has 3 aromatic rings. The minimum Gasteiger partial charge on any atom is -0.497 e. The molecule has 1 aromatic heterocycles. The fourth-order valence-electron chi connectivity index (χ4n) is 4.98. The Morgan fingerprint density at radius 3 is 2.44 bits per heavy atom. The molecule has 0 bridgehead atoms. The number of rotatable bonds is 5. The standard InChI is InChI=1S/C26H32N4O4S2/c1-18-6-11-23-24(19(18)2)27-26(35-23)29-15-13-28(14-16-29)25(31)20-5-4-12-30(17-20)36(32,33)22-9-7-21(34-3)8-10-22/h6-11,20H,4-5,12-17H2,1-3H3. The third kappa shape index (κ3) is 4.69. The first kappa shape index (κ1) is 25.0. The lowest BCUT2D eigenvalue weighted by molar-refractivity contribution is -0.137. The van der Waals surface area contributed by atoms with E-state index in [0.717, 1.165) is 23.7 Å². The smallest absolute Gasteiger partial charge is 0.243 e. The Bertz CT molecular complexity index is 1360. The second-order valence-electron chi connectivity index (χ2n) is 9.54. The number of aryl methyl sites for hydroxylation is 2. The second-order valence-corrected chi connectivity index (χ2v) is 12.5. The molecule has 36 heavy (non-hydrogen) atoms. The minimum atomic E-state index is -3.66. The number of anilines is 1. The number of nitrogens with zero attached hydrogens (tertiary/aromatic N) is 4. The topological polar surface area (TPSA) is 83.0 Å². The van der Waals surface area contributed by atoms with E-state index < -0.39 is 10.0 Å². The lowest BCUT2D eigenvalue weighted by Gasteiger charge is -2.38. The largest absolute Gasteiger partial charge is 0.497 e. The Kier molecular flexibility index (Phi) is 6.93. The SMILES string of the molecule is COc1ccc(S(=O)(=O)N2CCCC(C(=O)N3CCN(c4nc5c(C)c(C)ccc5s4)CC3)C2)cc1. The normalized spacial score (nSPS) is 19.6. The molecule has 0 N–H and O–H groups in total. The Hall–Kier alpha value is -2.69. The number of amides is 1. The Labute approximate surface area is 216 Å². The third-order valence-corrected chi connectivity index (χ3v) is 10.3. The van der Waals surface area contributed by atoms with Gasteiger partial charge in [0, 0.05) is 39.3 Å². The van der Waals surface area contributed by atoms with Gasteiger partial charge in [0.25, 0.3) is 0 Å². The van der Waals surface area contributed by atoms with E-state index in [-0.39, 0.29) is 23.3 Å². The summed E-state index contributed by atoms with van der Waals surface area (Å²) in [7, 11) is -2.11. The molecule has 2 aliphatic rings. The molecule has 1 atom stereocenters. The predicted octanol–water partition coefficient (Wildman–Crippen LogP) is 3.67. The van der Waals surface area contributed by atoms with Gasteiger partial charge in [0.05, 0.1) is 28.1 Å². The molecular formula is C26H32N4O4S2. The first-order valence-corrected chi connectivity index (χ1v) is 14.6. The number of thiazole rings is 1. The van der Waals surface area contributed by atoms with Crippen LogP contribution in [0, 0.1) is 19.8 Å². The van der Waals surface area contributed by atoms with Crippen molar-refractivity contribution in [1.82, 2.24) is 14.2 Å². The zero-order valence-electron chi connectivity index (χ0n) is 20.9. The number of ether oxygens (including phenoxy) is 1. The second kappa shape index (κ2) is 9.99. The monoisotopic (exact) mass is 528 g/mol. The van der Waals surface area contributed by atoms with Crippen LogP contribution in [0.25, 0.3) is 10.2 Å². The molecular weight excluding hydrogens is 496 g/mol. The molecule has 0 aliphatic carbocycles. The number of aromatic nitrogens is 1. The number of hydrogen-bond acceptors (Lipinski definition) is 7. The van der Waals surface area contributed by atoms with Gasteiger partial charge in [0.2, 0.25) is 15.9 Å². The van der Waals surface area contributed by atoms with Crippen LogP contribution in [-0.4, -0.2) is 74.9 Å². The van der Waals surface area contributed by atoms with Crippen molar-refractivity contribution in [3.8, 4) is 5.75 Å². The van der Waals surface area contributed by atoms with Gasteiger partial charge < -0.3 is 14.5 Å². The highest BCUT2D eigenvalue weighted by molar-refractivity contribution is 7.89. The Balaban J connectivity index is 1.22. The molecule has 0 saturated carbocycles. The quantitative estimate of drug-likeness (QED) is 0.503. The van der Waals surface area contributed by atoms with Crippen LogP contribution in [0.5, 0.6) is 5.75 Å². The van der Waals surface area contributed by atoms with Gasteiger partial charge in [-0.3, -0.25) is 4.79 Å². The van der Waals surface area contributed by atoms with Crippen molar-refractivity contribution in [3.63, 3.8) is 0 Å². The van der Waals surface area contributed by atoms with Crippen LogP contribution in [-0.2, 0) is 14.8 Å². The lowest BCUT2D eigenvalue weighted by Crippen LogP contribution is -2.53. The zero-order chi connectivity index (χ0) is 25.4. The zero-order valence-corrected chi connectivity index (χ0v) is 22.6. The van der Waals surface area contributed by atoms with Crippen LogP contribution >= 0.6 is 11.3 Å². The highest BCUT2D eigenvalue weighted by Crippen LogP contribution is 2.33. The molecule has 2 aliphatic heterocycles. The number of sulfonamides is 1. The van der Waals surface area contributed by atoms with Gasteiger partial charge >= 0.3 is 0 Å². The highest BCUT2D eigenvalue weighted by Gasteiger charge is 2.36. The molecule has 192 valence electrons. The lowest BCUT2D eigenvalue weighted by atomic mass is 9.98. The maximum atomic E-state index is 13.4. The maximum Gasteiger partial charge on any atom is 0.243 e. The van der Waals surface area contributed by atoms with E-state index in [9.17, 15) is 13.2 Å². The summed E-state index contributed by atoms with van der Waals surface area (Å²) in [6.45, 7) is 7.57. The average Bonchev–Trinajstić information content (AvgIpc) is 3.36. The first-order valence-electron chi connectivity index (χ1n) is 12.3. The summed E-state index contributed by atoms with van der Waals surface area (Å²) in [4.78, 5) is 22.6. The van der Waals surface area contributed by atoms with Crippen molar-refractivity contribution in [1.29, 1.82) is 0 Å². The average molecular weight is 529 g/mol. The Morgan fingerprint density at radius 1 is 1.03 bits per heavy atom. The van der Waals surface area contributed by atoms with E-state index in [2.05, 4.69) is 30.9 Å². The van der Waals surface area contributed by atoms with Crippen LogP contribution in [0.1, 0.15) is 24.0 Å². The molecule has 2 fully saturated rings. The van der Waals surface area contributed by atoms with Crippen molar-refractivity contribution in [3.05, 3.63) is 47.5 Å². The van der Waals surface area contributed by atoms with Crippen molar-refractivity contribution >= 4 is 42.6 Å². The predicted molar refractivity (Wildman–Crippen MR) is 142 cm³/mol. The van der Waals surface area contributed by atoms with Gasteiger partial charge in [-0.2, -0.15) is 4.31 Å². The van der Waals surface area contributed by atoms with Gasteiger partial charge in [-0.1, -0.05) is 17.4 Å². The molecule has 8 nitrogen and oxygen atoms in total. The summed E-state index contributed by atoms with van der Waals surface area (Å²) >= 11 is 1.70. The van der Waals surface area contributed by atoms with E-state index in [1.54, 1.807) is 42.7 Å². The van der Waals surface area contributed by atoms with Gasteiger partial charge in [-0.25, -0.2) is 13.4 Å². The van der Waals surface area contributed by atoms with Crippen molar-refractivity contribution in [2.75, 3.05) is 51.3 Å². The summed E-state index contributed by atoms with van der Waals surface area (Å²) in [6.07, 6.45) is 1.39. The van der Waals surface area contributed by atoms with E-state index >= 15 is 0 Å². The van der Waals surface area contributed by atoms with Crippen LogP contribution in [0.2, 0.25) is 0 Å². The van der Waals surface area contributed by atoms with Crippen LogP contribution < -0.4 is 9.64 Å². The van der Waals surface area contributed by atoms with Crippen molar-refractivity contribution in [2.45, 2.75) is 31.6 Å². The van der Waals surface area contributed by atoms with Crippen LogP contribution in [0.15, 0.2) is 41.3 Å². The van der Waals surface area contributed by atoms with E-state index in [4.69, 9.17) is 9.72 Å². The minimum absolute atomic E-state index is 0.0556. The molecule has 0 spiro atoms. The fraction of sp³-hybridized carbons (Fsp3) is 0.462. The molecule has 0 radical (unpaired) electrons. The van der Waals surface area contributed by atoms with Crippen molar-refractivity contribution < 1.29 is 17.9 Å². The first-order chi connectivity index (χ1) is 17.3. The number of hydrogen-bond donors (Lipinski definition) is 0. The molecule has 10 heteroatoms. The number of carbonyl (C=O) groups is 1. The summed E-state index contributed by atoms with van der Waals surface area (Å²) in [5.41, 5.74) is 3.52. The number of fused-ring (bicyclic) bond motifs is 1. The summed E-state index contributed by atoms with van der Waals surface area (Å²) in [6, 6.07) is 10.7.